The highest BCUT2D eigenvalue weighted by Gasteiger charge is 2.22. The first kappa shape index (κ1) is 15.8. The molecule has 1 aliphatic heterocycles. The van der Waals surface area contributed by atoms with Crippen molar-refractivity contribution in [2.24, 2.45) is 0 Å². The molecule has 5 nitrogen and oxygen atoms in total. The topological polar surface area (TPSA) is 52.6 Å². The Bertz CT molecular complexity index is 848. The predicted octanol–water partition coefficient (Wildman–Crippen LogP) is 5.07. The number of benzene rings is 2. The molecule has 0 fully saturated rings. The van der Waals surface area contributed by atoms with E-state index in [1.165, 1.54) is 0 Å². The summed E-state index contributed by atoms with van der Waals surface area (Å²) in [5.74, 6) is 2.37. The van der Waals surface area contributed by atoms with E-state index in [9.17, 15) is 0 Å². The van der Waals surface area contributed by atoms with Gasteiger partial charge < -0.3 is 19.5 Å². The van der Waals surface area contributed by atoms with Crippen LogP contribution in [0.3, 0.4) is 0 Å². The molecule has 0 spiro atoms. The van der Waals surface area contributed by atoms with Crippen LogP contribution in [0.2, 0.25) is 0 Å². The maximum Gasteiger partial charge on any atom is 0.231 e. The molecular formula is C19H18N2O3S. The number of hydrogen-bond donors (Lipinski definition) is 1. The molecule has 0 radical (unpaired) electrons. The number of thiazole rings is 1. The fourth-order valence-electron chi connectivity index (χ4n) is 2.70. The molecule has 0 bridgehead atoms. The van der Waals surface area contributed by atoms with Crippen LogP contribution >= 0.6 is 11.3 Å². The van der Waals surface area contributed by atoms with Crippen LogP contribution in [0.5, 0.6) is 17.2 Å². The molecule has 128 valence electrons. The summed E-state index contributed by atoms with van der Waals surface area (Å²) >= 11 is 1.55. The zero-order valence-corrected chi connectivity index (χ0v) is 14.6. The number of hydrogen-bond acceptors (Lipinski definition) is 6. The summed E-state index contributed by atoms with van der Waals surface area (Å²) in [6.07, 6.45) is 2.76. The van der Waals surface area contributed by atoms with Gasteiger partial charge in [0, 0.05) is 11.6 Å². The second-order valence-electron chi connectivity index (χ2n) is 5.56. The third-order valence-electron chi connectivity index (χ3n) is 3.83. The van der Waals surface area contributed by atoms with E-state index in [0.29, 0.717) is 6.61 Å². The fraction of sp³-hybridized carbons (Fsp3) is 0.211. The summed E-state index contributed by atoms with van der Waals surface area (Å²) in [5, 5.41) is 6.15. The van der Waals surface area contributed by atoms with Crippen LogP contribution in [-0.4, -0.2) is 18.4 Å². The smallest absolute Gasteiger partial charge is 0.231 e. The Morgan fingerprint density at radius 1 is 1.16 bits per heavy atom. The molecule has 1 aromatic heterocycles. The third kappa shape index (κ3) is 3.25. The van der Waals surface area contributed by atoms with Gasteiger partial charge in [0.25, 0.3) is 0 Å². The van der Waals surface area contributed by atoms with Crippen molar-refractivity contribution in [3.63, 3.8) is 0 Å². The van der Waals surface area contributed by atoms with Gasteiger partial charge in [0.05, 0.1) is 17.9 Å². The second-order valence-corrected chi connectivity index (χ2v) is 6.45. The van der Waals surface area contributed by atoms with Crippen LogP contribution in [-0.2, 0) is 0 Å². The molecule has 0 unspecified atom stereocenters. The molecule has 0 aliphatic carbocycles. The first-order chi connectivity index (χ1) is 12.3. The quantitative estimate of drug-likeness (QED) is 0.670. The number of aromatic nitrogens is 1. The number of fused-ring (bicyclic) bond motifs is 1. The van der Waals surface area contributed by atoms with E-state index in [1.807, 2.05) is 41.8 Å². The lowest BCUT2D eigenvalue weighted by Gasteiger charge is -2.14. The van der Waals surface area contributed by atoms with Crippen LogP contribution in [0.15, 0.2) is 48.0 Å². The summed E-state index contributed by atoms with van der Waals surface area (Å²) in [6, 6.07) is 11.9. The molecule has 25 heavy (non-hydrogen) atoms. The molecular weight excluding hydrogens is 336 g/mol. The predicted molar refractivity (Wildman–Crippen MR) is 99.2 cm³/mol. The SMILES string of the molecule is CCCOc1ccc(-c2c(Nc3nccs3)ccc3c2OCO3)cc1. The summed E-state index contributed by atoms with van der Waals surface area (Å²) in [5.41, 5.74) is 2.93. The minimum Gasteiger partial charge on any atom is -0.494 e. The van der Waals surface area contributed by atoms with Gasteiger partial charge in [-0.3, -0.25) is 0 Å². The lowest BCUT2D eigenvalue weighted by atomic mass is 10.0. The summed E-state index contributed by atoms with van der Waals surface area (Å²) < 4.78 is 16.9. The Morgan fingerprint density at radius 3 is 2.80 bits per heavy atom. The maximum atomic E-state index is 5.73. The Hall–Kier alpha value is -2.73. The summed E-state index contributed by atoms with van der Waals surface area (Å²) in [7, 11) is 0. The minimum atomic E-state index is 0.237. The van der Waals surface area contributed by atoms with Crippen molar-refractivity contribution in [1.82, 2.24) is 4.98 Å². The largest absolute Gasteiger partial charge is 0.494 e. The monoisotopic (exact) mass is 354 g/mol. The molecule has 1 N–H and O–H groups in total. The van der Waals surface area contributed by atoms with Crippen molar-refractivity contribution in [2.45, 2.75) is 13.3 Å². The Labute approximate surface area is 150 Å². The number of nitrogens with zero attached hydrogens (tertiary/aromatic N) is 1. The Morgan fingerprint density at radius 2 is 2.04 bits per heavy atom. The summed E-state index contributed by atoms with van der Waals surface area (Å²) in [6.45, 7) is 3.05. The minimum absolute atomic E-state index is 0.237. The molecule has 1 aliphatic rings. The standard InChI is InChI=1S/C19H18N2O3S/c1-2-10-22-14-5-3-13(4-6-14)17-15(21-19-20-9-11-25-19)7-8-16-18(17)24-12-23-16/h3-9,11H,2,10,12H2,1H3,(H,20,21). The van der Waals surface area contributed by atoms with Gasteiger partial charge in [-0.1, -0.05) is 19.1 Å². The second kappa shape index (κ2) is 7.03. The molecule has 6 heteroatoms. The van der Waals surface area contributed by atoms with Crippen molar-refractivity contribution < 1.29 is 14.2 Å². The number of nitrogens with one attached hydrogen (secondary N) is 1. The number of rotatable bonds is 6. The van der Waals surface area contributed by atoms with Crippen LogP contribution in [0.4, 0.5) is 10.8 Å². The average molecular weight is 354 g/mol. The van der Waals surface area contributed by atoms with Gasteiger partial charge in [0.1, 0.15) is 5.75 Å². The first-order valence-corrected chi connectivity index (χ1v) is 9.05. The highest BCUT2D eigenvalue weighted by atomic mass is 32.1. The van der Waals surface area contributed by atoms with E-state index in [-0.39, 0.29) is 6.79 Å². The lowest BCUT2D eigenvalue weighted by molar-refractivity contribution is 0.174. The Balaban J connectivity index is 1.72. The molecule has 2 heterocycles. The first-order valence-electron chi connectivity index (χ1n) is 8.17. The Kier molecular flexibility index (Phi) is 4.43. The zero-order chi connectivity index (χ0) is 17.1. The van der Waals surface area contributed by atoms with E-state index >= 15 is 0 Å². The van der Waals surface area contributed by atoms with Gasteiger partial charge in [0.2, 0.25) is 6.79 Å². The van der Waals surface area contributed by atoms with Gasteiger partial charge in [-0.25, -0.2) is 4.98 Å². The van der Waals surface area contributed by atoms with Crippen molar-refractivity contribution >= 4 is 22.2 Å². The zero-order valence-electron chi connectivity index (χ0n) is 13.8. The van der Waals surface area contributed by atoms with Gasteiger partial charge >= 0.3 is 0 Å². The molecule has 4 rings (SSSR count). The highest BCUT2D eigenvalue weighted by Crippen LogP contribution is 2.46. The lowest BCUT2D eigenvalue weighted by Crippen LogP contribution is -1.97. The van der Waals surface area contributed by atoms with Gasteiger partial charge in [-0.05, 0) is 36.2 Å². The van der Waals surface area contributed by atoms with Gasteiger partial charge in [0.15, 0.2) is 16.6 Å². The normalized spacial score (nSPS) is 12.2. The average Bonchev–Trinajstić information content (AvgIpc) is 3.32. The van der Waals surface area contributed by atoms with Crippen molar-refractivity contribution in [3.05, 3.63) is 48.0 Å². The molecule has 3 aromatic rings. The van der Waals surface area contributed by atoms with Crippen LogP contribution < -0.4 is 19.5 Å². The highest BCUT2D eigenvalue weighted by molar-refractivity contribution is 7.13. The molecule has 2 aromatic carbocycles. The molecule has 0 amide bonds. The van der Waals surface area contributed by atoms with Crippen LogP contribution in [0.1, 0.15) is 13.3 Å². The fourth-order valence-corrected chi connectivity index (χ4v) is 3.24. The van der Waals surface area contributed by atoms with E-state index in [1.54, 1.807) is 17.5 Å². The maximum absolute atomic E-state index is 5.73. The van der Waals surface area contributed by atoms with Crippen molar-refractivity contribution in [3.8, 4) is 28.4 Å². The number of anilines is 2. The molecule has 0 saturated carbocycles. The van der Waals surface area contributed by atoms with E-state index in [4.69, 9.17) is 14.2 Å². The van der Waals surface area contributed by atoms with E-state index in [2.05, 4.69) is 17.2 Å². The van der Waals surface area contributed by atoms with Crippen molar-refractivity contribution in [1.29, 1.82) is 0 Å². The molecule has 0 saturated heterocycles. The summed E-state index contributed by atoms with van der Waals surface area (Å²) in [4.78, 5) is 4.30. The third-order valence-corrected chi connectivity index (χ3v) is 4.52. The van der Waals surface area contributed by atoms with E-state index in [0.717, 1.165) is 45.6 Å². The van der Waals surface area contributed by atoms with Gasteiger partial charge in [-0.15, -0.1) is 11.3 Å². The van der Waals surface area contributed by atoms with E-state index < -0.39 is 0 Å². The molecule has 0 atom stereocenters. The van der Waals surface area contributed by atoms with Gasteiger partial charge in [-0.2, -0.15) is 0 Å². The number of ether oxygens (including phenoxy) is 3. The van der Waals surface area contributed by atoms with Crippen LogP contribution in [0.25, 0.3) is 11.1 Å². The van der Waals surface area contributed by atoms with Crippen LogP contribution in [0, 0.1) is 0 Å². The van der Waals surface area contributed by atoms with Crippen molar-refractivity contribution in [2.75, 3.05) is 18.7 Å².